The molecule has 0 fully saturated rings. The molecule has 0 bridgehead atoms. The normalized spacial score (nSPS) is 11.1. The van der Waals surface area contributed by atoms with Gasteiger partial charge in [-0.25, -0.2) is 0 Å². The summed E-state index contributed by atoms with van der Waals surface area (Å²) in [4.78, 5) is 3.47. The smallest absolute Gasteiger partial charge is 0.0545 e. The lowest BCUT2D eigenvalue weighted by molar-refractivity contribution is 0.843. The average molecular weight is 242 g/mol. The van der Waals surface area contributed by atoms with Crippen LogP contribution in [0.25, 0.3) is 10.9 Å². The monoisotopic (exact) mass is 242 g/mol. The molecule has 0 unspecified atom stereocenters. The van der Waals surface area contributed by atoms with Gasteiger partial charge in [0.05, 0.1) is 6.54 Å². The maximum atomic E-state index is 3.67. The van der Waals surface area contributed by atoms with E-state index in [1.165, 1.54) is 27.7 Å². The van der Waals surface area contributed by atoms with Gasteiger partial charge in [0.1, 0.15) is 0 Å². The van der Waals surface area contributed by atoms with E-state index in [1.807, 2.05) is 0 Å². The second-order valence-corrected chi connectivity index (χ2v) is 5.03. The molecule has 18 heavy (non-hydrogen) atoms. The molecule has 2 aromatic rings. The Balaban J connectivity index is 2.45. The minimum Gasteiger partial charge on any atom is -0.386 e. The van der Waals surface area contributed by atoms with Gasteiger partial charge in [-0.1, -0.05) is 27.4 Å². The molecule has 0 atom stereocenters. The van der Waals surface area contributed by atoms with E-state index in [0.717, 1.165) is 13.0 Å². The van der Waals surface area contributed by atoms with Crippen molar-refractivity contribution in [3.05, 3.63) is 47.8 Å². The van der Waals surface area contributed by atoms with E-state index in [1.54, 1.807) is 6.20 Å². The molecular weight excluding hydrogens is 220 g/mol. The van der Waals surface area contributed by atoms with Crippen LogP contribution >= 0.6 is 0 Å². The number of aromatic nitrogens is 1. The SMILES string of the molecule is C=CNCc1cc2cc(CC)c(C(C)C)cc2[nH]1. The van der Waals surface area contributed by atoms with Crippen molar-refractivity contribution in [2.45, 2.75) is 39.7 Å². The van der Waals surface area contributed by atoms with Crippen molar-refractivity contribution in [1.82, 2.24) is 10.3 Å². The Bertz CT molecular complexity index is 549. The molecule has 0 saturated heterocycles. The molecule has 2 N–H and O–H groups in total. The van der Waals surface area contributed by atoms with Crippen molar-refractivity contribution in [2.75, 3.05) is 0 Å². The zero-order valence-corrected chi connectivity index (χ0v) is 11.5. The third kappa shape index (κ3) is 2.42. The van der Waals surface area contributed by atoms with Gasteiger partial charge in [0.15, 0.2) is 0 Å². The lowest BCUT2D eigenvalue weighted by atomic mass is 9.94. The van der Waals surface area contributed by atoms with Crippen LogP contribution in [0.3, 0.4) is 0 Å². The summed E-state index contributed by atoms with van der Waals surface area (Å²) in [6, 6.07) is 6.84. The Labute approximate surface area is 109 Å². The molecule has 0 saturated carbocycles. The maximum absolute atomic E-state index is 3.67. The van der Waals surface area contributed by atoms with Gasteiger partial charge in [-0.15, -0.1) is 0 Å². The van der Waals surface area contributed by atoms with Gasteiger partial charge >= 0.3 is 0 Å². The third-order valence-electron chi connectivity index (χ3n) is 3.38. The van der Waals surface area contributed by atoms with E-state index in [9.17, 15) is 0 Å². The molecule has 0 radical (unpaired) electrons. The minimum atomic E-state index is 0.572. The fourth-order valence-electron chi connectivity index (χ4n) is 2.43. The fraction of sp³-hybridized carbons (Fsp3) is 0.375. The number of hydrogen-bond donors (Lipinski definition) is 2. The first-order valence-corrected chi connectivity index (χ1v) is 6.64. The van der Waals surface area contributed by atoms with Crippen LogP contribution in [-0.2, 0) is 13.0 Å². The number of aryl methyl sites for hydroxylation is 1. The van der Waals surface area contributed by atoms with Crippen molar-refractivity contribution in [1.29, 1.82) is 0 Å². The third-order valence-corrected chi connectivity index (χ3v) is 3.38. The summed E-state index contributed by atoms with van der Waals surface area (Å²) < 4.78 is 0. The van der Waals surface area contributed by atoms with Gasteiger partial charge < -0.3 is 10.3 Å². The van der Waals surface area contributed by atoms with Crippen LogP contribution in [0.2, 0.25) is 0 Å². The molecule has 0 aliphatic heterocycles. The van der Waals surface area contributed by atoms with Crippen molar-refractivity contribution >= 4 is 10.9 Å². The number of aromatic amines is 1. The Kier molecular flexibility index (Phi) is 3.75. The minimum absolute atomic E-state index is 0.572. The van der Waals surface area contributed by atoms with Crippen molar-refractivity contribution in [3.63, 3.8) is 0 Å². The van der Waals surface area contributed by atoms with Gasteiger partial charge in [-0.2, -0.15) is 0 Å². The number of nitrogens with one attached hydrogen (secondary N) is 2. The molecule has 96 valence electrons. The molecule has 0 spiro atoms. The first kappa shape index (κ1) is 12.7. The standard InChI is InChI=1S/C16H22N2/c1-5-12-7-13-8-14(10-17-6-2)18-16(13)9-15(12)11(3)4/h6-9,11,17-18H,2,5,10H2,1,3-4H3. The van der Waals surface area contributed by atoms with E-state index in [2.05, 4.69) is 55.9 Å². The molecule has 1 aromatic carbocycles. The Morgan fingerprint density at radius 1 is 1.33 bits per heavy atom. The van der Waals surface area contributed by atoms with Crippen LogP contribution in [0.1, 0.15) is 43.5 Å². The van der Waals surface area contributed by atoms with Gasteiger partial charge in [0, 0.05) is 16.6 Å². The highest BCUT2D eigenvalue weighted by Gasteiger charge is 2.09. The molecular formula is C16H22N2. The second kappa shape index (κ2) is 5.30. The predicted octanol–water partition coefficient (Wildman–Crippen LogP) is 4.09. The average Bonchev–Trinajstić information content (AvgIpc) is 2.76. The number of hydrogen-bond acceptors (Lipinski definition) is 1. The van der Waals surface area contributed by atoms with Crippen molar-refractivity contribution in [2.24, 2.45) is 0 Å². The largest absolute Gasteiger partial charge is 0.386 e. The summed E-state index contributed by atoms with van der Waals surface area (Å²) in [5.74, 6) is 0.572. The zero-order chi connectivity index (χ0) is 13.1. The summed E-state index contributed by atoms with van der Waals surface area (Å²) in [6.07, 6.45) is 2.82. The molecule has 1 aromatic heterocycles. The Morgan fingerprint density at radius 3 is 2.72 bits per heavy atom. The highest BCUT2D eigenvalue weighted by Crippen LogP contribution is 2.26. The van der Waals surface area contributed by atoms with E-state index < -0.39 is 0 Å². The Morgan fingerprint density at radius 2 is 2.11 bits per heavy atom. The number of rotatable bonds is 5. The van der Waals surface area contributed by atoms with Crippen molar-refractivity contribution in [3.8, 4) is 0 Å². The molecule has 2 heteroatoms. The van der Waals surface area contributed by atoms with E-state index in [-0.39, 0.29) is 0 Å². The molecule has 2 rings (SSSR count). The van der Waals surface area contributed by atoms with Gasteiger partial charge in [0.2, 0.25) is 0 Å². The summed E-state index contributed by atoms with van der Waals surface area (Å²) in [5, 5.41) is 4.43. The fourth-order valence-corrected chi connectivity index (χ4v) is 2.43. The molecule has 1 heterocycles. The van der Waals surface area contributed by atoms with Crippen LogP contribution in [0.15, 0.2) is 31.0 Å². The van der Waals surface area contributed by atoms with E-state index in [4.69, 9.17) is 0 Å². The van der Waals surface area contributed by atoms with Gasteiger partial charge in [-0.05, 0) is 47.9 Å². The molecule has 0 amide bonds. The van der Waals surface area contributed by atoms with Gasteiger partial charge in [0.25, 0.3) is 0 Å². The number of H-pyrrole nitrogens is 1. The summed E-state index contributed by atoms with van der Waals surface area (Å²) in [6.45, 7) is 11.2. The second-order valence-electron chi connectivity index (χ2n) is 5.03. The molecule has 0 aliphatic carbocycles. The van der Waals surface area contributed by atoms with E-state index >= 15 is 0 Å². The quantitative estimate of drug-likeness (QED) is 0.812. The lowest BCUT2D eigenvalue weighted by Gasteiger charge is -2.11. The summed E-state index contributed by atoms with van der Waals surface area (Å²) in [7, 11) is 0. The maximum Gasteiger partial charge on any atom is 0.0545 e. The van der Waals surface area contributed by atoms with Crippen LogP contribution in [0.4, 0.5) is 0 Å². The van der Waals surface area contributed by atoms with Crippen LogP contribution in [0.5, 0.6) is 0 Å². The summed E-state index contributed by atoms with van der Waals surface area (Å²) in [5.41, 5.74) is 5.35. The highest BCUT2D eigenvalue weighted by atomic mass is 14.9. The van der Waals surface area contributed by atoms with Crippen LogP contribution in [-0.4, -0.2) is 4.98 Å². The number of fused-ring (bicyclic) bond motifs is 1. The van der Waals surface area contributed by atoms with Crippen LogP contribution < -0.4 is 5.32 Å². The Hall–Kier alpha value is -1.70. The van der Waals surface area contributed by atoms with E-state index in [0.29, 0.717) is 5.92 Å². The number of benzene rings is 1. The van der Waals surface area contributed by atoms with Crippen molar-refractivity contribution < 1.29 is 0 Å². The molecule has 0 aliphatic rings. The predicted molar refractivity (Wildman–Crippen MR) is 78.8 cm³/mol. The molecule has 2 nitrogen and oxygen atoms in total. The van der Waals surface area contributed by atoms with Crippen LogP contribution in [0, 0.1) is 0 Å². The van der Waals surface area contributed by atoms with Gasteiger partial charge in [-0.3, -0.25) is 0 Å². The first-order chi connectivity index (χ1) is 8.65. The summed E-state index contributed by atoms with van der Waals surface area (Å²) >= 11 is 0. The zero-order valence-electron chi connectivity index (χ0n) is 11.5. The highest BCUT2D eigenvalue weighted by molar-refractivity contribution is 5.82. The lowest BCUT2D eigenvalue weighted by Crippen LogP contribution is -2.03. The first-order valence-electron chi connectivity index (χ1n) is 6.64. The topological polar surface area (TPSA) is 27.8 Å².